The van der Waals surface area contributed by atoms with Gasteiger partial charge in [-0.15, -0.1) is 0 Å². The van der Waals surface area contributed by atoms with Gasteiger partial charge in [-0.2, -0.15) is 0 Å². The van der Waals surface area contributed by atoms with Gasteiger partial charge >= 0.3 is 0 Å². The number of benzene rings is 1. The van der Waals surface area contributed by atoms with Gasteiger partial charge in [-0.05, 0) is 29.8 Å². The fourth-order valence-electron chi connectivity index (χ4n) is 1.88. The Balaban J connectivity index is 2.51. The second-order valence-electron chi connectivity index (χ2n) is 4.22. The monoisotopic (exact) mass is 321 g/mol. The normalized spacial score (nSPS) is 21.7. The first-order valence-electron chi connectivity index (χ1n) is 5.30. The number of anilines is 1. The lowest BCUT2D eigenvalue weighted by atomic mass is 10.2. The topological polar surface area (TPSA) is 71.5 Å². The summed E-state index contributed by atoms with van der Waals surface area (Å²) in [4.78, 5) is 22.9. The van der Waals surface area contributed by atoms with Crippen molar-refractivity contribution >= 4 is 50.1 Å². The molecule has 1 fully saturated rings. The highest BCUT2D eigenvalue weighted by atomic mass is 35.5. The van der Waals surface area contributed by atoms with Crippen LogP contribution in [0.1, 0.15) is 17.3 Å². The minimum Gasteiger partial charge on any atom is -0.276 e. The van der Waals surface area contributed by atoms with E-state index in [4.69, 9.17) is 23.2 Å². The van der Waals surface area contributed by atoms with Crippen LogP contribution in [-0.2, 0) is 14.8 Å². The molecule has 1 heterocycles. The molecule has 1 unspecified atom stereocenters. The average molecular weight is 322 g/mol. The molecular formula is C11H9Cl2NO4S. The lowest BCUT2D eigenvalue weighted by Gasteiger charge is -2.16. The summed E-state index contributed by atoms with van der Waals surface area (Å²) in [5, 5.41) is -0.749. The van der Waals surface area contributed by atoms with E-state index < -0.39 is 27.1 Å². The fourth-order valence-corrected chi connectivity index (χ4v) is 4.16. The molecule has 0 aromatic heterocycles. The molecule has 0 bridgehead atoms. The quantitative estimate of drug-likeness (QED) is 0.781. The van der Waals surface area contributed by atoms with Crippen LogP contribution >= 0.6 is 23.2 Å². The van der Waals surface area contributed by atoms with Gasteiger partial charge in [-0.1, -0.05) is 18.5 Å². The van der Waals surface area contributed by atoms with E-state index in [-0.39, 0.29) is 22.0 Å². The summed E-state index contributed by atoms with van der Waals surface area (Å²) < 4.78 is 24.5. The average Bonchev–Trinajstić information content (AvgIpc) is 2.47. The van der Waals surface area contributed by atoms with Crippen molar-refractivity contribution in [3.05, 3.63) is 28.8 Å². The number of hydrogen-bond donors (Lipinski definition) is 0. The maximum atomic E-state index is 11.9. The van der Waals surface area contributed by atoms with Crippen molar-refractivity contribution in [1.82, 2.24) is 0 Å². The van der Waals surface area contributed by atoms with Crippen LogP contribution in [0.2, 0.25) is 5.02 Å². The number of carbonyl (C=O) groups excluding carboxylic acids is 2. The molecule has 1 aromatic carbocycles. The van der Waals surface area contributed by atoms with E-state index in [0.717, 1.165) is 0 Å². The Morgan fingerprint density at radius 3 is 2.47 bits per heavy atom. The summed E-state index contributed by atoms with van der Waals surface area (Å²) in [6, 6.07) is 3.86. The summed E-state index contributed by atoms with van der Waals surface area (Å²) in [5.41, 5.74) is 0.171. The highest BCUT2D eigenvalue weighted by Gasteiger charge is 2.42. The molecule has 1 saturated heterocycles. The Morgan fingerprint density at radius 1 is 1.42 bits per heavy atom. The van der Waals surface area contributed by atoms with Crippen molar-refractivity contribution in [2.45, 2.75) is 6.92 Å². The summed E-state index contributed by atoms with van der Waals surface area (Å²) >= 11 is 11.1. The van der Waals surface area contributed by atoms with Gasteiger partial charge in [0.1, 0.15) is 0 Å². The third-order valence-electron chi connectivity index (χ3n) is 2.76. The molecule has 1 amide bonds. The van der Waals surface area contributed by atoms with Gasteiger partial charge in [0.05, 0.1) is 27.9 Å². The van der Waals surface area contributed by atoms with Gasteiger partial charge in [-0.3, -0.25) is 9.59 Å². The number of sulfonamides is 1. The predicted molar refractivity (Wildman–Crippen MR) is 72.1 cm³/mol. The SMILES string of the molecule is CC1CS(=O)(=O)N(c2ccc(C(=O)Cl)c(Cl)c2)C1=O. The van der Waals surface area contributed by atoms with Crippen molar-refractivity contribution in [3.8, 4) is 0 Å². The Bertz CT molecular complexity index is 671. The fraction of sp³-hybridized carbons (Fsp3) is 0.273. The van der Waals surface area contributed by atoms with E-state index in [1.54, 1.807) is 0 Å². The lowest BCUT2D eigenvalue weighted by molar-refractivity contribution is -0.119. The highest BCUT2D eigenvalue weighted by Crippen LogP contribution is 2.31. The van der Waals surface area contributed by atoms with Crippen molar-refractivity contribution in [1.29, 1.82) is 0 Å². The van der Waals surface area contributed by atoms with Crippen LogP contribution in [-0.4, -0.2) is 25.3 Å². The molecule has 0 aliphatic carbocycles. The van der Waals surface area contributed by atoms with Gasteiger partial charge in [-0.25, -0.2) is 12.7 Å². The number of nitrogens with zero attached hydrogens (tertiary/aromatic N) is 1. The molecule has 1 aromatic rings. The van der Waals surface area contributed by atoms with E-state index in [9.17, 15) is 18.0 Å². The first-order chi connectivity index (χ1) is 8.74. The molecule has 0 radical (unpaired) electrons. The summed E-state index contributed by atoms with van der Waals surface area (Å²) in [7, 11) is -3.68. The number of hydrogen-bond acceptors (Lipinski definition) is 4. The Hall–Kier alpha value is -1.11. The Morgan fingerprint density at radius 2 is 2.05 bits per heavy atom. The molecule has 19 heavy (non-hydrogen) atoms. The zero-order valence-electron chi connectivity index (χ0n) is 9.76. The molecule has 0 N–H and O–H groups in total. The third-order valence-corrected chi connectivity index (χ3v) is 5.14. The van der Waals surface area contributed by atoms with Crippen LogP contribution in [0.25, 0.3) is 0 Å². The van der Waals surface area contributed by atoms with E-state index in [1.165, 1.54) is 25.1 Å². The smallest absolute Gasteiger partial charge is 0.253 e. The molecule has 1 aliphatic rings. The number of amides is 1. The maximum Gasteiger partial charge on any atom is 0.253 e. The molecule has 0 spiro atoms. The van der Waals surface area contributed by atoms with Gasteiger partial charge in [0.15, 0.2) is 0 Å². The van der Waals surface area contributed by atoms with E-state index in [0.29, 0.717) is 4.31 Å². The zero-order valence-corrected chi connectivity index (χ0v) is 12.1. The Kier molecular flexibility index (Phi) is 3.59. The van der Waals surface area contributed by atoms with Gasteiger partial charge < -0.3 is 0 Å². The molecule has 1 atom stereocenters. The number of halogens is 2. The minimum atomic E-state index is -3.68. The van der Waals surface area contributed by atoms with Crippen molar-refractivity contribution in [3.63, 3.8) is 0 Å². The van der Waals surface area contributed by atoms with Crippen molar-refractivity contribution < 1.29 is 18.0 Å². The zero-order chi connectivity index (χ0) is 14.4. The van der Waals surface area contributed by atoms with Crippen LogP contribution in [0, 0.1) is 5.92 Å². The lowest BCUT2D eigenvalue weighted by Crippen LogP contribution is -2.30. The van der Waals surface area contributed by atoms with Gasteiger partial charge in [0, 0.05) is 0 Å². The largest absolute Gasteiger partial charge is 0.276 e. The standard InChI is InChI=1S/C11H9Cl2NO4S/c1-6-5-19(17,18)14(11(6)16)7-2-3-8(10(13)15)9(12)4-7/h2-4,6H,5H2,1H3. The van der Waals surface area contributed by atoms with Gasteiger partial charge in [0.2, 0.25) is 15.9 Å². The first-order valence-corrected chi connectivity index (χ1v) is 7.67. The summed E-state index contributed by atoms with van der Waals surface area (Å²) in [6.45, 7) is 1.54. The molecule has 5 nitrogen and oxygen atoms in total. The second-order valence-corrected chi connectivity index (χ2v) is 6.83. The number of rotatable bonds is 2. The van der Waals surface area contributed by atoms with Crippen LogP contribution in [0.4, 0.5) is 5.69 Å². The molecular weight excluding hydrogens is 313 g/mol. The maximum absolute atomic E-state index is 11.9. The molecule has 102 valence electrons. The van der Waals surface area contributed by atoms with E-state index in [2.05, 4.69) is 0 Å². The van der Waals surface area contributed by atoms with Crippen LogP contribution < -0.4 is 4.31 Å². The Labute approximate surface area is 120 Å². The molecule has 1 aliphatic heterocycles. The summed E-state index contributed by atoms with van der Waals surface area (Å²) in [5.74, 6) is -1.35. The van der Waals surface area contributed by atoms with Crippen LogP contribution in [0.3, 0.4) is 0 Å². The molecule has 2 rings (SSSR count). The molecule has 0 saturated carbocycles. The third kappa shape index (κ3) is 2.48. The first kappa shape index (κ1) is 14.3. The van der Waals surface area contributed by atoms with Gasteiger partial charge in [0.25, 0.3) is 5.24 Å². The predicted octanol–water partition coefficient (Wildman–Crippen LogP) is 2.03. The second kappa shape index (κ2) is 4.77. The summed E-state index contributed by atoms with van der Waals surface area (Å²) in [6.07, 6.45) is 0. The number of carbonyl (C=O) groups is 2. The van der Waals surface area contributed by atoms with Crippen LogP contribution in [0.15, 0.2) is 18.2 Å². The van der Waals surface area contributed by atoms with Crippen molar-refractivity contribution in [2.24, 2.45) is 5.92 Å². The van der Waals surface area contributed by atoms with E-state index in [1.807, 2.05) is 0 Å². The van der Waals surface area contributed by atoms with E-state index >= 15 is 0 Å². The minimum absolute atomic E-state index is 0.0000491. The van der Waals surface area contributed by atoms with Crippen LogP contribution in [0.5, 0.6) is 0 Å². The highest BCUT2D eigenvalue weighted by molar-refractivity contribution is 7.94. The molecule has 8 heteroatoms. The van der Waals surface area contributed by atoms with Crippen molar-refractivity contribution in [2.75, 3.05) is 10.1 Å².